The fourth-order valence-corrected chi connectivity index (χ4v) is 0.906. The van der Waals surface area contributed by atoms with Crippen LogP contribution >= 0.6 is 0 Å². The van der Waals surface area contributed by atoms with Gasteiger partial charge in [-0.1, -0.05) is 0 Å². The maximum absolute atomic E-state index is 11.1. The molecule has 66 valence electrons. The molecule has 0 atom stereocenters. The molecule has 0 aliphatic heterocycles. The number of aryl methyl sites for hydroxylation is 1. The highest BCUT2D eigenvalue weighted by Gasteiger charge is 2.06. The molecule has 0 aliphatic rings. The number of hydrogen-bond donors (Lipinski definition) is 1. The highest BCUT2D eigenvalue weighted by atomic mass is 16.1. The van der Waals surface area contributed by atoms with Gasteiger partial charge in [0.15, 0.2) is 0 Å². The molecule has 12 heavy (non-hydrogen) atoms. The van der Waals surface area contributed by atoms with Crippen molar-refractivity contribution in [2.75, 3.05) is 6.54 Å². The van der Waals surface area contributed by atoms with E-state index in [9.17, 15) is 4.79 Å². The van der Waals surface area contributed by atoms with Gasteiger partial charge in [0.05, 0.1) is 6.42 Å². The van der Waals surface area contributed by atoms with Crippen LogP contribution in [0.1, 0.15) is 12.2 Å². The Kier molecular flexibility index (Phi) is 2.93. The lowest BCUT2D eigenvalue weighted by Crippen LogP contribution is -2.13. The average molecular weight is 168 g/mol. The third-order valence-corrected chi connectivity index (χ3v) is 1.58. The summed E-state index contributed by atoms with van der Waals surface area (Å²) < 4.78 is 1.59. The normalized spacial score (nSPS) is 10.2. The third kappa shape index (κ3) is 2.13. The lowest BCUT2D eigenvalue weighted by molar-refractivity contribution is -0.118. The Labute approximate surface area is 70.6 Å². The summed E-state index contributed by atoms with van der Waals surface area (Å²) in [6.45, 7) is 0.399. The van der Waals surface area contributed by atoms with Crippen LogP contribution in [-0.4, -0.2) is 27.1 Å². The summed E-state index contributed by atoms with van der Waals surface area (Å²) in [4.78, 5) is 15.0. The standard InChI is InChI=1S/C7H12N4O/c1-11-7(9-5-10-11)4-6(12)2-3-8/h5H,2-4,8H2,1H3. The summed E-state index contributed by atoms with van der Waals surface area (Å²) in [6, 6.07) is 0. The molecule has 0 radical (unpaired) electrons. The highest BCUT2D eigenvalue weighted by Crippen LogP contribution is 1.95. The van der Waals surface area contributed by atoms with Crippen molar-refractivity contribution in [2.24, 2.45) is 12.8 Å². The van der Waals surface area contributed by atoms with E-state index in [0.717, 1.165) is 0 Å². The van der Waals surface area contributed by atoms with Crippen LogP contribution in [0.4, 0.5) is 0 Å². The van der Waals surface area contributed by atoms with Crippen molar-refractivity contribution in [2.45, 2.75) is 12.8 Å². The Morgan fingerprint density at radius 2 is 2.50 bits per heavy atom. The lowest BCUT2D eigenvalue weighted by atomic mass is 10.2. The SMILES string of the molecule is Cn1ncnc1CC(=O)CCN. The smallest absolute Gasteiger partial charge is 0.141 e. The van der Waals surface area contributed by atoms with Crippen molar-refractivity contribution < 1.29 is 4.79 Å². The Balaban J connectivity index is 2.52. The van der Waals surface area contributed by atoms with Gasteiger partial charge in [-0.2, -0.15) is 5.10 Å². The molecule has 0 spiro atoms. The number of nitrogens with two attached hydrogens (primary N) is 1. The van der Waals surface area contributed by atoms with Crippen molar-refractivity contribution in [1.29, 1.82) is 0 Å². The zero-order valence-corrected chi connectivity index (χ0v) is 7.03. The summed E-state index contributed by atoms with van der Waals surface area (Å²) >= 11 is 0. The van der Waals surface area contributed by atoms with E-state index in [1.807, 2.05) is 0 Å². The monoisotopic (exact) mass is 168 g/mol. The Morgan fingerprint density at radius 3 is 3.00 bits per heavy atom. The zero-order valence-electron chi connectivity index (χ0n) is 7.03. The summed E-state index contributed by atoms with van der Waals surface area (Å²) in [5, 5.41) is 3.85. The summed E-state index contributed by atoms with van der Waals surface area (Å²) in [5.74, 6) is 0.794. The van der Waals surface area contributed by atoms with Gasteiger partial charge in [-0.25, -0.2) is 4.98 Å². The number of ketones is 1. The lowest BCUT2D eigenvalue weighted by Gasteiger charge is -1.97. The molecule has 5 nitrogen and oxygen atoms in total. The quantitative estimate of drug-likeness (QED) is 0.643. The van der Waals surface area contributed by atoms with Gasteiger partial charge in [-0.3, -0.25) is 9.48 Å². The molecule has 0 saturated carbocycles. The fourth-order valence-electron chi connectivity index (χ4n) is 0.906. The van der Waals surface area contributed by atoms with E-state index in [1.54, 1.807) is 11.7 Å². The van der Waals surface area contributed by atoms with Crippen LogP contribution in [0.25, 0.3) is 0 Å². The van der Waals surface area contributed by atoms with Gasteiger partial charge in [-0.15, -0.1) is 0 Å². The second kappa shape index (κ2) is 3.96. The molecule has 0 amide bonds. The van der Waals surface area contributed by atoms with E-state index >= 15 is 0 Å². The molecule has 1 aromatic heterocycles. The zero-order chi connectivity index (χ0) is 8.97. The van der Waals surface area contributed by atoms with E-state index in [0.29, 0.717) is 25.2 Å². The predicted molar refractivity (Wildman–Crippen MR) is 43.4 cm³/mol. The van der Waals surface area contributed by atoms with Crippen LogP contribution in [-0.2, 0) is 18.3 Å². The molecular formula is C7H12N4O. The van der Waals surface area contributed by atoms with Gasteiger partial charge in [0.25, 0.3) is 0 Å². The maximum atomic E-state index is 11.1. The topological polar surface area (TPSA) is 73.8 Å². The van der Waals surface area contributed by atoms with E-state index in [-0.39, 0.29) is 5.78 Å². The van der Waals surface area contributed by atoms with Crippen LogP contribution in [0.15, 0.2) is 6.33 Å². The predicted octanol–water partition coefficient (Wildman–Crippen LogP) is -0.724. The molecule has 0 unspecified atom stereocenters. The number of hydrogen-bond acceptors (Lipinski definition) is 4. The molecule has 0 aromatic carbocycles. The van der Waals surface area contributed by atoms with Gasteiger partial charge in [0.2, 0.25) is 0 Å². The third-order valence-electron chi connectivity index (χ3n) is 1.58. The largest absolute Gasteiger partial charge is 0.330 e. The number of carbonyl (C=O) groups is 1. The molecule has 0 saturated heterocycles. The van der Waals surface area contributed by atoms with Crippen LogP contribution < -0.4 is 5.73 Å². The van der Waals surface area contributed by atoms with Gasteiger partial charge in [0, 0.05) is 13.5 Å². The van der Waals surface area contributed by atoms with Crippen LogP contribution in [0.3, 0.4) is 0 Å². The van der Waals surface area contributed by atoms with Crippen LogP contribution in [0.2, 0.25) is 0 Å². The Hall–Kier alpha value is -1.23. The number of Topliss-reactive ketones (excluding diaryl/α,β-unsaturated/α-hetero) is 1. The van der Waals surface area contributed by atoms with Gasteiger partial charge < -0.3 is 5.73 Å². The molecule has 1 rings (SSSR count). The number of nitrogens with zero attached hydrogens (tertiary/aromatic N) is 3. The van der Waals surface area contributed by atoms with Crippen LogP contribution in [0, 0.1) is 0 Å². The van der Waals surface area contributed by atoms with Crippen molar-refractivity contribution >= 4 is 5.78 Å². The van der Waals surface area contributed by atoms with Gasteiger partial charge in [0.1, 0.15) is 17.9 Å². The minimum Gasteiger partial charge on any atom is -0.330 e. The molecule has 1 heterocycles. The fraction of sp³-hybridized carbons (Fsp3) is 0.571. The second-order valence-corrected chi connectivity index (χ2v) is 2.55. The summed E-state index contributed by atoms with van der Waals surface area (Å²) in [6.07, 6.45) is 2.17. The van der Waals surface area contributed by atoms with Crippen LogP contribution in [0.5, 0.6) is 0 Å². The molecule has 0 aliphatic carbocycles. The minimum absolute atomic E-state index is 0.105. The number of carbonyl (C=O) groups excluding carboxylic acids is 1. The van der Waals surface area contributed by atoms with Crippen molar-refractivity contribution in [3.63, 3.8) is 0 Å². The Morgan fingerprint density at radius 1 is 1.75 bits per heavy atom. The molecule has 1 aromatic rings. The van der Waals surface area contributed by atoms with Gasteiger partial charge in [-0.05, 0) is 6.54 Å². The van der Waals surface area contributed by atoms with Crippen molar-refractivity contribution in [3.8, 4) is 0 Å². The van der Waals surface area contributed by atoms with E-state index in [4.69, 9.17) is 5.73 Å². The first-order valence-electron chi connectivity index (χ1n) is 3.78. The van der Waals surface area contributed by atoms with E-state index in [2.05, 4.69) is 10.1 Å². The summed E-state index contributed by atoms with van der Waals surface area (Å²) in [5.41, 5.74) is 5.23. The van der Waals surface area contributed by atoms with Crippen molar-refractivity contribution in [3.05, 3.63) is 12.2 Å². The molecule has 5 heteroatoms. The highest BCUT2D eigenvalue weighted by molar-refractivity contribution is 5.80. The van der Waals surface area contributed by atoms with E-state index < -0.39 is 0 Å². The Bertz CT molecular complexity index is 268. The average Bonchev–Trinajstić information content (AvgIpc) is 2.37. The minimum atomic E-state index is 0.105. The molecular weight excluding hydrogens is 156 g/mol. The summed E-state index contributed by atoms with van der Waals surface area (Å²) in [7, 11) is 1.76. The second-order valence-electron chi connectivity index (χ2n) is 2.55. The molecule has 0 bridgehead atoms. The van der Waals surface area contributed by atoms with E-state index in [1.165, 1.54) is 6.33 Å². The maximum Gasteiger partial charge on any atom is 0.141 e. The van der Waals surface area contributed by atoms with Gasteiger partial charge >= 0.3 is 0 Å². The first-order chi connectivity index (χ1) is 5.74. The molecule has 2 N–H and O–H groups in total. The van der Waals surface area contributed by atoms with Crippen molar-refractivity contribution in [1.82, 2.24) is 14.8 Å². The molecule has 0 fully saturated rings. The first kappa shape index (κ1) is 8.86. The number of aromatic nitrogens is 3. The first-order valence-corrected chi connectivity index (χ1v) is 3.78. The number of rotatable bonds is 4.